The topological polar surface area (TPSA) is 68.1 Å². The van der Waals surface area contributed by atoms with Crippen LogP contribution in [0.15, 0.2) is 71.7 Å². The summed E-state index contributed by atoms with van der Waals surface area (Å²) in [5, 5.41) is 10.1. The van der Waals surface area contributed by atoms with E-state index in [4.69, 9.17) is 32.7 Å². The van der Waals surface area contributed by atoms with Gasteiger partial charge in [0.2, 0.25) is 0 Å². The molecule has 3 aromatic carbocycles. The van der Waals surface area contributed by atoms with E-state index in [9.17, 15) is 9.90 Å². The minimum absolute atomic E-state index is 0.117. The van der Waals surface area contributed by atoms with Crippen LogP contribution in [0.5, 0.6) is 17.2 Å². The molecule has 30 heavy (non-hydrogen) atoms. The molecule has 0 fully saturated rings. The van der Waals surface area contributed by atoms with Crippen molar-refractivity contribution < 1.29 is 19.4 Å². The largest absolute Gasteiger partial charge is 0.508 e. The van der Waals surface area contributed by atoms with Crippen LogP contribution in [0.2, 0.25) is 10.0 Å². The summed E-state index contributed by atoms with van der Waals surface area (Å²) in [6.07, 6.45) is 4.49. The average Bonchev–Trinajstić information content (AvgIpc) is 2.74. The number of carbonyl (C=O) groups excluding carboxylic acids is 1. The van der Waals surface area contributed by atoms with E-state index in [2.05, 4.69) is 4.99 Å². The Morgan fingerprint density at radius 3 is 2.37 bits per heavy atom. The number of nitrogens with zero attached hydrogens (tertiary/aromatic N) is 1. The van der Waals surface area contributed by atoms with Gasteiger partial charge in [-0.15, -0.1) is 0 Å². The Balaban J connectivity index is 1.75. The second kappa shape index (κ2) is 9.96. The van der Waals surface area contributed by atoms with Crippen molar-refractivity contribution in [2.45, 2.75) is 0 Å². The highest BCUT2D eigenvalue weighted by Gasteiger charge is 2.14. The number of hydrogen-bond acceptors (Lipinski definition) is 5. The number of phenolic OH excluding ortho intramolecular Hbond substituents is 1. The van der Waals surface area contributed by atoms with Crippen LogP contribution >= 0.6 is 23.2 Å². The number of halogens is 2. The number of esters is 1. The molecule has 1 N–H and O–H groups in total. The van der Waals surface area contributed by atoms with Crippen molar-refractivity contribution in [1.82, 2.24) is 0 Å². The first kappa shape index (κ1) is 21.4. The van der Waals surface area contributed by atoms with Crippen molar-refractivity contribution in [3.8, 4) is 17.2 Å². The molecule has 0 amide bonds. The summed E-state index contributed by atoms with van der Waals surface area (Å²) in [5.74, 6) is -0.0276. The summed E-state index contributed by atoms with van der Waals surface area (Å²) in [4.78, 5) is 16.5. The zero-order chi connectivity index (χ0) is 21.5. The molecule has 0 saturated carbocycles. The lowest BCUT2D eigenvalue weighted by atomic mass is 10.2. The summed E-state index contributed by atoms with van der Waals surface area (Å²) in [7, 11) is 1.45. The third kappa shape index (κ3) is 5.86. The second-order valence-electron chi connectivity index (χ2n) is 6.11. The molecule has 0 aliphatic heterocycles. The summed E-state index contributed by atoms with van der Waals surface area (Å²) in [5.41, 5.74) is 2.11. The molecular weight excluding hydrogens is 425 g/mol. The Morgan fingerprint density at radius 1 is 1.00 bits per heavy atom. The van der Waals surface area contributed by atoms with Crippen LogP contribution < -0.4 is 9.47 Å². The first-order chi connectivity index (χ1) is 14.4. The number of aromatic hydroxyl groups is 1. The highest BCUT2D eigenvalue weighted by molar-refractivity contribution is 6.32. The lowest BCUT2D eigenvalue weighted by molar-refractivity contribution is -0.129. The van der Waals surface area contributed by atoms with Gasteiger partial charge in [0.1, 0.15) is 5.75 Å². The zero-order valence-electron chi connectivity index (χ0n) is 15.9. The molecule has 0 atom stereocenters. The fourth-order valence-corrected chi connectivity index (χ4v) is 2.86. The van der Waals surface area contributed by atoms with E-state index in [1.165, 1.54) is 13.2 Å². The maximum atomic E-state index is 12.2. The van der Waals surface area contributed by atoms with E-state index in [0.717, 1.165) is 5.56 Å². The number of rotatable bonds is 6. The molecule has 152 valence electrons. The predicted molar refractivity (Wildman–Crippen MR) is 119 cm³/mol. The molecule has 0 unspecified atom stereocenters. The van der Waals surface area contributed by atoms with Crippen molar-refractivity contribution in [3.63, 3.8) is 0 Å². The number of hydrogen-bond donors (Lipinski definition) is 1. The van der Waals surface area contributed by atoms with Crippen LogP contribution in [0.1, 0.15) is 11.1 Å². The molecule has 0 radical (unpaired) electrons. The lowest BCUT2D eigenvalue weighted by Gasteiger charge is -2.11. The molecule has 0 aromatic heterocycles. The minimum Gasteiger partial charge on any atom is -0.508 e. The lowest BCUT2D eigenvalue weighted by Crippen LogP contribution is -2.06. The Hall–Kier alpha value is -3.28. The molecule has 0 aliphatic carbocycles. The number of carbonyl (C=O) groups is 1. The Labute approximate surface area is 183 Å². The molecule has 7 heteroatoms. The fraction of sp³-hybridized carbons (Fsp3) is 0.0435. The third-order valence-electron chi connectivity index (χ3n) is 3.95. The first-order valence-electron chi connectivity index (χ1n) is 8.80. The molecule has 5 nitrogen and oxygen atoms in total. The standard InChI is InChI=1S/C23H17Cl2NO4/c1-29-21-13-16(14-26-18-7-9-19(27)10-8-18)12-20(25)23(21)30-22(28)11-4-15-2-5-17(24)6-3-15/h2-14,27H,1H3/b11-4+,26-14?. The molecule has 0 aliphatic rings. The van der Waals surface area contributed by atoms with Gasteiger partial charge in [-0.05, 0) is 65.7 Å². The van der Waals surface area contributed by atoms with Crippen LogP contribution in [0.4, 0.5) is 5.69 Å². The molecule has 0 heterocycles. The van der Waals surface area contributed by atoms with E-state index in [-0.39, 0.29) is 16.5 Å². The van der Waals surface area contributed by atoms with Gasteiger partial charge >= 0.3 is 5.97 Å². The average molecular weight is 442 g/mol. The maximum Gasteiger partial charge on any atom is 0.336 e. The van der Waals surface area contributed by atoms with Gasteiger partial charge in [0.15, 0.2) is 11.5 Å². The van der Waals surface area contributed by atoms with Crippen LogP contribution in [0.25, 0.3) is 6.08 Å². The summed E-state index contributed by atoms with van der Waals surface area (Å²) in [6, 6.07) is 16.7. The van der Waals surface area contributed by atoms with Crippen molar-refractivity contribution in [3.05, 3.63) is 87.9 Å². The van der Waals surface area contributed by atoms with Crippen LogP contribution in [0, 0.1) is 0 Å². The van der Waals surface area contributed by atoms with E-state index < -0.39 is 5.97 Å². The van der Waals surface area contributed by atoms with Crippen LogP contribution in [0.3, 0.4) is 0 Å². The van der Waals surface area contributed by atoms with Gasteiger partial charge in [0.25, 0.3) is 0 Å². The monoisotopic (exact) mass is 441 g/mol. The van der Waals surface area contributed by atoms with E-state index in [1.54, 1.807) is 73.0 Å². The van der Waals surface area contributed by atoms with Crippen molar-refractivity contribution in [1.29, 1.82) is 0 Å². The van der Waals surface area contributed by atoms with Crippen LogP contribution in [-0.4, -0.2) is 24.4 Å². The summed E-state index contributed by atoms with van der Waals surface area (Å²) >= 11 is 12.1. The fourth-order valence-electron chi connectivity index (χ4n) is 2.47. The molecule has 0 saturated heterocycles. The molecule has 3 rings (SSSR count). The van der Waals surface area contributed by atoms with Crippen molar-refractivity contribution in [2.75, 3.05) is 7.11 Å². The van der Waals surface area contributed by atoms with Gasteiger partial charge in [0.05, 0.1) is 17.8 Å². The smallest absolute Gasteiger partial charge is 0.336 e. The number of methoxy groups -OCH3 is 1. The van der Waals surface area contributed by atoms with Gasteiger partial charge in [-0.3, -0.25) is 4.99 Å². The number of benzene rings is 3. The molecule has 0 spiro atoms. The summed E-state index contributed by atoms with van der Waals surface area (Å²) in [6.45, 7) is 0. The SMILES string of the molecule is COc1cc(C=Nc2ccc(O)cc2)cc(Cl)c1OC(=O)/C=C/c1ccc(Cl)cc1. The normalized spacial score (nSPS) is 11.2. The predicted octanol–water partition coefficient (Wildman–Crippen LogP) is 6.08. The molecule has 3 aromatic rings. The minimum atomic E-state index is -0.601. The number of ether oxygens (including phenoxy) is 2. The van der Waals surface area contributed by atoms with E-state index in [1.807, 2.05) is 0 Å². The maximum absolute atomic E-state index is 12.2. The number of phenols is 1. The van der Waals surface area contributed by atoms with Crippen molar-refractivity contribution in [2.24, 2.45) is 4.99 Å². The van der Waals surface area contributed by atoms with Gasteiger partial charge in [0, 0.05) is 17.3 Å². The second-order valence-corrected chi connectivity index (χ2v) is 6.96. The molecular formula is C23H17Cl2NO4. The highest BCUT2D eigenvalue weighted by atomic mass is 35.5. The van der Waals surface area contributed by atoms with Gasteiger partial charge in [-0.25, -0.2) is 4.79 Å². The summed E-state index contributed by atoms with van der Waals surface area (Å²) < 4.78 is 10.7. The van der Waals surface area contributed by atoms with Crippen molar-refractivity contribution >= 4 is 47.1 Å². The Bertz CT molecular complexity index is 1090. The quantitative estimate of drug-likeness (QED) is 0.218. The Morgan fingerprint density at radius 2 is 1.70 bits per heavy atom. The molecule has 0 bridgehead atoms. The Kier molecular flexibility index (Phi) is 7.12. The number of aliphatic imine (C=N–C) groups is 1. The van der Waals surface area contributed by atoms with Gasteiger partial charge < -0.3 is 14.6 Å². The van der Waals surface area contributed by atoms with E-state index in [0.29, 0.717) is 22.0 Å². The third-order valence-corrected chi connectivity index (χ3v) is 4.48. The van der Waals surface area contributed by atoms with E-state index >= 15 is 0 Å². The zero-order valence-corrected chi connectivity index (χ0v) is 17.4. The first-order valence-corrected chi connectivity index (χ1v) is 9.56. The van der Waals surface area contributed by atoms with Gasteiger partial charge in [-0.2, -0.15) is 0 Å². The van der Waals surface area contributed by atoms with Crippen LogP contribution in [-0.2, 0) is 4.79 Å². The van der Waals surface area contributed by atoms with Gasteiger partial charge in [-0.1, -0.05) is 35.3 Å². The highest BCUT2D eigenvalue weighted by Crippen LogP contribution is 2.36.